The zero-order chi connectivity index (χ0) is 29.0. The molecule has 1 atom stereocenters. The maximum Gasteiger partial charge on any atom is 0.341 e. The molecule has 0 aliphatic carbocycles. The van der Waals surface area contributed by atoms with Crippen LogP contribution >= 0.6 is 11.3 Å². The largest absolute Gasteiger partial charge is 0.493 e. The van der Waals surface area contributed by atoms with Crippen LogP contribution in [0.1, 0.15) is 31.0 Å². The van der Waals surface area contributed by atoms with Gasteiger partial charge >= 0.3 is 11.9 Å². The summed E-state index contributed by atoms with van der Waals surface area (Å²) >= 11 is 1.18. The summed E-state index contributed by atoms with van der Waals surface area (Å²) in [6.07, 6.45) is 1.69. The summed E-state index contributed by atoms with van der Waals surface area (Å²) < 4.78 is 28.9. The summed E-state index contributed by atoms with van der Waals surface area (Å²) in [6, 6.07) is 9.16. The van der Waals surface area contributed by atoms with Crippen molar-refractivity contribution in [1.29, 1.82) is 0 Å². The Morgan fingerprint density at radius 2 is 1.73 bits per heavy atom. The monoisotopic (exact) mass is 568 g/mol. The SMILES string of the molecule is CCOC(=O)C1=C(C)N=c2s/c(=C\c3ccc(OCC(=O)O)cc3)c(=O)n2[C@H]1c1cc(OC)c(OC)c(OC)c1. The van der Waals surface area contributed by atoms with Crippen molar-refractivity contribution in [3.05, 3.63) is 78.5 Å². The fourth-order valence-corrected chi connectivity index (χ4v) is 5.37. The first kappa shape index (κ1) is 28.4. The lowest BCUT2D eigenvalue weighted by atomic mass is 9.95. The van der Waals surface area contributed by atoms with Crippen molar-refractivity contribution in [3.8, 4) is 23.0 Å². The van der Waals surface area contributed by atoms with Crippen molar-refractivity contribution in [2.75, 3.05) is 34.5 Å². The lowest BCUT2D eigenvalue weighted by Crippen LogP contribution is -2.40. The van der Waals surface area contributed by atoms with E-state index in [0.717, 1.165) is 0 Å². The first-order chi connectivity index (χ1) is 19.2. The van der Waals surface area contributed by atoms with Crippen molar-refractivity contribution < 1.29 is 38.4 Å². The molecule has 0 saturated heterocycles. The fourth-order valence-electron chi connectivity index (χ4n) is 4.32. The molecule has 1 N–H and O–H groups in total. The number of thiazole rings is 1. The number of carbonyl (C=O) groups is 2. The number of aromatic nitrogens is 1. The number of esters is 1. The number of ether oxygens (including phenoxy) is 5. The third-order valence-corrected chi connectivity index (χ3v) is 7.04. The van der Waals surface area contributed by atoms with Gasteiger partial charge < -0.3 is 28.8 Å². The summed E-state index contributed by atoms with van der Waals surface area (Å²) in [5.41, 5.74) is 1.51. The van der Waals surface area contributed by atoms with Crippen molar-refractivity contribution in [1.82, 2.24) is 4.57 Å². The van der Waals surface area contributed by atoms with Gasteiger partial charge in [-0.1, -0.05) is 23.5 Å². The minimum atomic E-state index is -1.08. The number of fused-ring (bicyclic) bond motifs is 1. The molecule has 40 heavy (non-hydrogen) atoms. The molecule has 0 spiro atoms. The number of methoxy groups -OCH3 is 3. The molecule has 1 aliphatic rings. The molecule has 0 fully saturated rings. The highest BCUT2D eigenvalue weighted by Gasteiger charge is 2.34. The van der Waals surface area contributed by atoms with Gasteiger partial charge in [-0.25, -0.2) is 14.6 Å². The van der Waals surface area contributed by atoms with Gasteiger partial charge in [-0.15, -0.1) is 0 Å². The number of hydrogen-bond acceptors (Lipinski definition) is 10. The van der Waals surface area contributed by atoms with E-state index < -0.39 is 24.6 Å². The summed E-state index contributed by atoms with van der Waals surface area (Å²) in [5.74, 6) is -0.185. The van der Waals surface area contributed by atoms with Gasteiger partial charge in [0.1, 0.15) is 5.75 Å². The molecule has 0 amide bonds. The summed E-state index contributed by atoms with van der Waals surface area (Å²) in [7, 11) is 4.46. The van der Waals surface area contributed by atoms with Crippen LogP contribution in [0.3, 0.4) is 0 Å². The van der Waals surface area contributed by atoms with Gasteiger partial charge in [0, 0.05) is 0 Å². The molecule has 0 radical (unpaired) electrons. The first-order valence-corrected chi connectivity index (χ1v) is 13.0. The number of aliphatic carboxylic acids is 1. The van der Waals surface area contributed by atoms with E-state index in [2.05, 4.69) is 4.99 Å². The number of nitrogens with zero attached hydrogens (tertiary/aromatic N) is 2. The summed E-state index contributed by atoms with van der Waals surface area (Å²) in [6.45, 7) is 3.09. The average molecular weight is 569 g/mol. The predicted molar refractivity (Wildman–Crippen MR) is 146 cm³/mol. The number of carboxylic acid groups (broad SMARTS) is 1. The van der Waals surface area contributed by atoms with E-state index in [1.165, 1.54) is 37.2 Å². The topological polar surface area (TPSA) is 135 Å². The van der Waals surface area contributed by atoms with Gasteiger partial charge in [-0.3, -0.25) is 9.36 Å². The molecule has 4 rings (SSSR count). The lowest BCUT2D eigenvalue weighted by molar-refractivity contribution is -0.140. The molecule has 2 aromatic carbocycles. The Balaban J connectivity index is 1.89. The number of benzene rings is 2. The van der Waals surface area contributed by atoms with Gasteiger partial charge in [0.2, 0.25) is 5.75 Å². The average Bonchev–Trinajstić information content (AvgIpc) is 3.24. The molecule has 3 aromatic rings. The van der Waals surface area contributed by atoms with Crippen LogP contribution in [0.4, 0.5) is 0 Å². The molecular formula is C28H28N2O9S. The van der Waals surface area contributed by atoms with E-state index in [0.29, 0.717) is 49.2 Å². The van der Waals surface area contributed by atoms with Crippen molar-refractivity contribution >= 4 is 29.4 Å². The van der Waals surface area contributed by atoms with E-state index >= 15 is 0 Å². The molecule has 1 aromatic heterocycles. The Kier molecular flexibility index (Phi) is 8.58. The second-order valence-corrected chi connectivity index (χ2v) is 9.52. The van der Waals surface area contributed by atoms with Crippen molar-refractivity contribution in [3.63, 3.8) is 0 Å². The van der Waals surface area contributed by atoms with Crippen LogP contribution in [0, 0.1) is 0 Å². The van der Waals surface area contributed by atoms with Crippen LogP contribution in [-0.2, 0) is 14.3 Å². The second-order valence-electron chi connectivity index (χ2n) is 8.51. The Bertz CT molecular complexity index is 1630. The standard InChI is InChI=1S/C28H28N2O9S/c1-6-38-27(34)23-15(2)29-28-30(24(23)17-12-19(35-3)25(37-5)20(13-17)36-4)26(33)21(40-28)11-16-7-9-18(10-8-16)39-14-22(31)32/h7-13,24H,6,14H2,1-5H3,(H,31,32)/b21-11-/t24-/m0/s1. The van der Waals surface area contributed by atoms with E-state index in [4.69, 9.17) is 28.8 Å². The van der Waals surface area contributed by atoms with Crippen molar-refractivity contribution in [2.45, 2.75) is 19.9 Å². The third kappa shape index (κ3) is 5.57. The maximum atomic E-state index is 13.8. The zero-order valence-corrected chi connectivity index (χ0v) is 23.4. The van der Waals surface area contributed by atoms with Crippen molar-refractivity contribution in [2.24, 2.45) is 4.99 Å². The molecule has 0 unspecified atom stereocenters. The van der Waals surface area contributed by atoms with Crippen LogP contribution < -0.4 is 33.8 Å². The Morgan fingerprint density at radius 3 is 2.27 bits per heavy atom. The normalized spacial score (nSPS) is 14.7. The molecule has 2 heterocycles. The fraction of sp³-hybridized carbons (Fsp3) is 0.286. The van der Waals surface area contributed by atoms with Gasteiger partial charge in [-0.2, -0.15) is 0 Å². The maximum absolute atomic E-state index is 13.8. The molecule has 11 nitrogen and oxygen atoms in total. The van der Waals surface area contributed by atoms with Crippen LogP contribution in [0.25, 0.3) is 6.08 Å². The second kappa shape index (κ2) is 12.1. The van der Waals surface area contributed by atoms with E-state index in [1.54, 1.807) is 56.3 Å². The highest BCUT2D eigenvalue weighted by Crippen LogP contribution is 2.42. The smallest absolute Gasteiger partial charge is 0.341 e. The van der Waals surface area contributed by atoms with Gasteiger partial charge in [0.25, 0.3) is 5.56 Å². The van der Waals surface area contributed by atoms with Gasteiger partial charge in [0.15, 0.2) is 22.9 Å². The van der Waals surface area contributed by atoms with Gasteiger partial charge in [-0.05, 0) is 55.3 Å². The number of hydrogen-bond donors (Lipinski definition) is 1. The van der Waals surface area contributed by atoms with E-state index in [-0.39, 0.29) is 17.7 Å². The van der Waals surface area contributed by atoms with Crippen LogP contribution in [0.5, 0.6) is 23.0 Å². The Morgan fingerprint density at radius 1 is 1.07 bits per heavy atom. The highest BCUT2D eigenvalue weighted by molar-refractivity contribution is 7.07. The minimum Gasteiger partial charge on any atom is -0.493 e. The van der Waals surface area contributed by atoms with E-state index in [9.17, 15) is 14.4 Å². The Hall–Kier alpha value is -4.58. The third-order valence-electron chi connectivity index (χ3n) is 6.06. The van der Waals surface area contributed by atoms with Crippen LogP contribution in [0.2, 0.25) is 0 Å². The number of carboxylic acids is 1. The molecule has 12 heteroatoms. The zero-order valence-electron chi connectivity index (χ0n) is 22.5. The molecular weight excluding hydrogens is 540 g/mol. The number of rotatable bonds is 10. The van der Waals surface area contributed by atoms with Crippen LogP contribution in [-0.4, -0.2) is 56.2 Å². The Labute approximate surface area is 233 Å². The minimum absolute atomic E-state index is 0.147. The summed E-state index contributed by atoms with van der Waals surface area (Å²) in [5, 5.41) is 8.80. The van der Waals surface area contributed by atoms with Gasteiger partial charge in [0.05, 0.1) is 49.8 Å². The predicted octanol–water partition coefficient (Wildman–Crippen LogP) is 2.29. The summed E-state index contributed by atoms with van der Waals surface area (Å²) in [4.78, 5) is 42.7. The van der Waals surface area contributed by atoms with Crippen LogP contribution in [0.15, 0.2) is 57.5 Å². The molecule has 1 aliphatic heterocycles. The highest BCUT2D eigenvalue weighted by atomic mass is 32.1. The number of allylic oxidation sites excluding steroid dienone is 1. The quantitative estimate of drug-likeness (QED) is 0.366. The lowest BCUT2D eigenvalue weighted by Gasteiger charge is -2.26. The first-order valence-electron chi connectivity index (χ1n) is 12.2. The molecule has 0 bridgehead atoms. The number of carbonyl (C=O) groups excluding carboxylic acids is 1. The molecule has 210 valence electrons. The van der Waals surface area contributed by atoms with E-state index in [1.807, 2.05) is 0 Å². The molecule has 0 saturated carbocycles.